The van der Waals surface area contributed by atoms with E-state index in [4.69, 9.17) is 0 Å². The van der Waals surface area contributed by atoms with Crippen LogP contribution in [0, 0.1) is 0 Å². The van der Waals surface area contributed by atoms with Gasteiger partial charge in [0, 0.05) is 25.5 Å². The molecule has 1 amide bonds. The molecule has 1 aromatic heterocycles. The van der Waals surface area contributed by atoms with E-state index in [-0.39, 0.29) is 11.1 Å². The second-order valence-corrected chi connectivity index (χ2v) is 4.88. The van der Waals surface area contributed by atoms with Gasteiger partial charge in [-0.1, -0.05) is 12.1 Å². The van der Waals surface area contributed by atoms with Gasteiger partial charge in [-0.2, -0.15) is 5.10 Å². The van der Waals surface area contributed by atoms with Crippen molar-refractivity contribution in [1.29, 1.82) is 0 Å². The fourth-order valence-electron chi connectivity index (χ4n) is 1.95. The van der Waals surface area contributed by atoms with Crippen molar-refractivity contribution < 1.29 is 4.79 Å². The molecule has 20 heavy (non-hydrogen) atoms. The summed E-state index contributed by atoms with van der Waals surface area (Å²) in [6, 6.07) is 7.12. The third kappa shape index (κ3) is 2.85. The highest BCUT2D eigenvalue weighted by Crippen LogP contribution is 2.07. The average molecular weight is 274 g/mol. The van der Waals surface area contributed by atoms with Gasteiger partial charge in [-0.25, -0.2) is 0 Å². The second-order valence-electron chi connectivity index (χ2n) is 4.88. The van der Waals surface area contributed by atoms with Crippen LogP contribution in [0.3, 0.4) is 0 Å². The van der Waals surface area contributed by atoms with Crippen molar-refractivity contribution in [1.82, 2.24) is 20.0 Å². The molecule has 1 N–H and O–H groups in total. The Balaban J connectivity index is 2.33. The molecule has 0 fully saturated rings. The van der Waals surface area contributed by atoms with E-state index in [0.29, 0.717) is 24.0 Å². The summed E-state index contributed by atoms with van der Waals surface area (Å²) in [6.45, 7) is 1.18. The predicted molar refractivity (Wildman–Crippen MR) is 77.9 cm³/mol. The van der Waals surface area contributed by atoms with Gasteiger partial charge in [0.05, 0.1) is 5.52 Å². The number of aromatic nitrogens is 2. The van der Waals surface area contributed by atoms with Crippen molar-refractivity contribution in [2.45, 2.75) is 0 Å². The van der Waals surface area contributed by atoms with Crippen LogP contribution < -0.4 is 10.7 Å². The molecular formula is C14H18N4O2. The number of amides is 1. The number of rotatable bonds is 4. The Hall–Kier alpha value is -2.21. The second kappa shape index (κ2) is 5.83. The molecule has 0 saturated heterocycles. The van der Waals surface area contributed by atoms with E-state index in [2.05, 4.69) is 10.4 Å². The van der Waals surface area contributed by atoms with Crippen LogP contribution in [0.5, 0.6) is 0 Å². The molecule has 0 unspecified atom stereocenters. The first-order valence-electron chi connectivity index (χ1n) is 6.39. The van der Waals surface area contributed by atoms with Crippen molar-refractivity contribution in [2.75, 3.05) is 27.2 Å². The molecule has 0 saturated carbocycles. The van der Waals surface area contributed by atoms with Gasteiger partial charge in [0.25, 0.3) is 5.91 Å². The van der Waals surface area contributed by atoms with Crippen LogP contribution in [0.4, 0.5) is 0 Å². The normalized spacial score (nSPS) is 11.0. The van der Waals surface area contributed by atoms with Crippen molar-refractivity contribution in [3.63, 3.8) is 0 Å². The van der Waals surface area contributed by atoms with Crippen molar-refractivity contribution in [3.05, 3.63) is 40.2 Å². The van der Waals surface area contributed by atoms with Gasteiger partial charge in [0.1, 0.15) is 0 Å². The number of likely N-dealkylation sites (N-methyl/N-ethyl adjacent to an activating group) is 1. The molecule has 0 spiro atoms. The summed E-state index contributed by atoms with van der Waals surface area (Å²) in [5.41, 5.74) is 0.313. The third-order valence-electron chi connectivity index (χ3n) is 3.02. The molecule has 2 aromatic rings. The zero-order valence-corrected chi connectivity index (χ0v) is 11.9. The summed E-state index contributed by atoms with van der Waals surface area (Å²) in [4.78, 5) is 26.3. The topological polar surface area (TPSA) is 67.2 Å². The summed E-state index contributed by atoms with van der Waals surface area (Å²) < 4.78 is 1.55. The largest absolute Gasteiger partial charge is 0.349 e. The van der Waals surface area contributed by atoms with Crippen LogP contribution in [0.2, 0.25) is 0 Å². The first kappa shape index (κ1) is 14.2. The lowest BCUT2D eigenvalue weighted by atomic mass is 10.2. The Morgan fingerprint density at radius 3 is 2.75 bits per heavy atom. The Morgan fingerprint density at radius 2 is 2.05 bits per heavy atom. The summed E-state index contributed by atoms with van der Waals surface area (Å²) >= 11 is 0. The first-order chi connectivity index (χ1) is 9.50. The van der Waals surface area contributed by atoms with Crippen LogP contribution >= 0.6 is 0 Å². The maximum atomic E-state index is 12.3. The van der Waals surface area contributed by atoms with Crippen LogP contribution in [-0.4, -0.2) is 47.8 Å². The average Bonchev–Trinajstić information content (AvgIpc) is 2.42. The molecule has 0 aliphatic carbocycles. The molecule has 2 rings (SSSR count). The van der Waals surface area contributed by atoms with Crippen molar-refractivity contribution in [2.24, 2.45) is 7.05 Å². The predicted octanol–water partition coefficient (Wildman–Crippen LogP) is 0.225. The molecule has 106 valence electrons. The van der Waals surface area contributed by atoms with E-state index in [9.17, 15) is 9.59 Å². The minimum Gasteiger partial charge on any atom is -0.349 e. The molecular weight excluding hydrogens is 256 g/mol. The minimum absolute atomic E-state index is 0.0649. The molecule has 6 nitrogen and oxygen atoms in total. The lowest BCUT2D eigenvalue weighted by molar-refractivity contribution is 0.0943. The molecule has 0 aliphatic heterocycles. The highest BCUT2D eigenvalue weighted by atomic mass is 16.2. The molecule has 1 heterocycles. The number of benzene rings is 1. The molecule has 0 radical (unpaired) electrons. The van der Waals surface area contributed by atoms with Crippen molar-refractivity contribution in [3.8, 4) is 0 Å². The zero-order valence-electron chi connectivity index (χ0n) is 11.9. The molecule has 0 bridgehead atoms. The number of carbonyl (C=O) groups excluding carboxylic acids is 1. The number of aryl methyl sites for hydroxylation is 1. The maximum Gasteiger partial charge on any atom is 0.275 e. The van der Waals surface area contributed by atoms with Crippen LogP contribution in [0.1, 0.15) is 10.5 Å². The standard InChI is InChI=1S/C14H18N4O2/c1-17(2)9-8-15-14(20)12-13(19)10-6-4-5-7-11(10)18(3)16-12/h4-7H,8-9H2,1-3H3,(H,15,20). The highest BCUT2D eigenvalue weighted by Gasteiger charge is 2.15. The van der Waals surface area contributed by atoms with Gasteiger partial charge < -0.3 is 10.2 Å². The van der Waals surface area contributed by atoms with E-state index in [1.165, 1.54) is 0 Å². The van der Waals surface area contributed by atoms with E-state index >= 15 is 0 Å². The highest BCUT2D eigenvalue weighted by molar-refractivity contribution is 5.95. The maximum absolute atomic E-state index is 12.3. The quantitative estimate of drug-likeness (QED) is 0.866. The summed E-state index contributed by atoms with van der Waals surface area (Å²) in [7, 11) is 5.55. The minimum atomic E-state index is -0.432. The number of hydrogen-bond acceptors (Lipinski definition) is 4. The number of nitrogens with one attached hydrogen (secondary N) is 1. The van der Waals surface area contributed by atoms with Gasteiger partial charge in [-0.05, 0) is 26.2 Å². The van der Waals surface area contributed by atoms with Gasteiger partial charge >= 0.3 is 0 Å². The van der Waals surface area contributed by atoms with Crippen molar-refractivity contribution >= 4 is 16.8 Å². The van der Waals surface area contributed by atoms with Gasteiger partial charge in [0.2, 0.25) is 5.43 Å². The Bertz CT molecular complexity index is 691. The van der Waals surface area contributed by atoms with Gasteiger partial charge in [0.15, 0.2) is 5.69 Å². The zero-order chi connectivity index (χ0) is 14.7. The Morgan fingerprint density at radius 1 is 1.35 bits per heavy atom. The van der Waals surface area contributed by atoms with Gasteiger partial charge in [-0.15, -0.1) is 0 Å². The van der Waals surface area contributed by atoms with Crippen LogP contribution in [0.15, 0.2) is 29.1 Å². The third-order valence-corrected chi connectivity index (χ3v) is 3.02. The number of carbonyl (C=O) groups is 1. The van der Waals surface area contributed by atoms with E-state index in [1.807, 2.05) is 25.1 Å². The SMILES string of the molecule is CN(C)CCNC(=O)c1nn(C)c2ccccc2c1=O. The summed E-state index contributed by atoms with van der Waals surface area (Å²) in [5.74, 6) is -0.432. The fourth-order valence-corrected chi connectivity index (χ4v) is 1.95. The lowest BCUT2D eigenvalue weighted by Gasteiger charge is -2.11. The lowest BCUT2D eigenvalue weighted by Crippen LogP contribution is -2.35. The fraction of sp³-hybridized carbons (Fsp3) is 0.357. The molecule has 0 atom stereocenters. The number of para-hydroxylation sites is 1. The smallest absolute Gasteiger partial charge is 0.275 e. The van der Waals surface area contributed by atoms with Crippen LogP contribution in [0.25, 0.3) is 10.9 Å². The molecule has 1 aromatic carbocycles. The number of hydrogen-bond donors (Lipinski definition) is 1. The first-order valence-corrected chi connectivity index (χ1v) is 6.39. The van der Waals surface area contributed by atoms with Gasteiger partial charge in [-0.3, -0.25) is 14.3 Å². The molecule has 0 aliphatic rings. The monoisotopic (exact) mass is 274 g/mol. The Labute approximate surface area is 117 Å². The van der Waals surface area contributed by atoms with E-state index in [0.717, 1.165) is 0 Å². The van der Waals surface area contributed by atoms with Crippen LogP contribution in [-0.2, 0) is 7.05 Å². The molecule has 6 heteroatoms. The summed E-state index contributed by atoms with van der Waals surface area (Å²) in [5, 5.41) is 7.29. The summed E-state index contributed by atoms with van der Waals surface area (Å²) in [6.07, 6.45) is 0. The number of fused-ring (bicyclic) bond motifs is 1. The van der Waals surface area contributed by atoms with E-state index < -0.39 is 5.91 Å². The Kier molecular flexibility index (Phi) is 4.14. The number of nitrogens with zero attached hydrogens (tertiary/aromatic N) is 3. The van der Waals surface area contributed by atoms with E-state index in [1.54, 1.807) is 29.9 Å².